The Bertz CT molecular complexity index is 1040. The number of aromatic nitrogens is 1. The highest BCUT2D eigenvalue weighted by Gasteiger charge is 2.31. The molecule has 8 nitrogen and oxygen atoms in total. The zero-order valence-corrected chi connectivity index (χ0v) is 18.8. The zero-order valence-electron chi connectivity index (χ0n) is 16.5. The molecule has 0 radical (unpaired) electrons. The van der Waals surface area contributed by atoms with Gasteiger partial charge in [-0.1, -0.05) is 23.2 Å². The Labute approximate surface area is 185 Å². The van der Waals surface area contributed by atoms with Gasteiger partial charge in [-0.25, -0.2) is 8.42 Å². The van der Waals surface area contributed by atoms with Crippen molar-refractivity contribution in [2.75, 3.05) is 36.9 Å². The molecule has 3 rings (SSSR count). The predicted molar refractivity (Wildman–Crippen MR) is 117 cm³/mol. The lowest BCUT2D eigenvalue weighted by Crippen LogP contribution is -2.44. The van der Waals surface area contributed by atoms with E-state index < -0.39 is 15.6 Å². The first kappa shape index (κ1) is 22.8. The number of nitrogens with zero attached hydrogens (tertiary/aromatic N) is 2. The molecule has 1 aliphatic rings. The lowest BCUT2D eigenvalue weighted by Gasteiger charge is -2.28. The van der Waals surface area contributed by atoms with Gasteiger partial charge < -0.3 is 15.4 Å². The number of benzene rings is 1. The SMILES string of the molecule is CC(C)(Nc1ccc(Cl)c(S(=O)(=O)N2CCOCC2)c1)C(=O)Nc1cncc(Cl)c1. The Kier molecular flexibility index (Phi) is 6.88. The van der Waals surface area contributed by atoms with Crippen molar-refractivity contribution < 1.29 is 17.9 Å². The lowest BCUT2D eigenvalue weighted by molar-refractivity contribution is -0.119. The summed E-state index contributed by atoms with van der Waals surface area (Å²) in [6.45, 7) is 4.53. The monoisotopic (exact) mass is 472 g/mol. The fraction of sp³-hybridized carbons (Fsp3) is 0.368. The molecule has 0 aliphatic carbocycles. The summed E-state index contributed by atoms with van der Waals surface area (Å²) in [4.78, 5) is 16.6. The van der Waals surface area contributed by atoms with E-state index in [2.05, 4.69) is 15.6 Å². The molecule has 0 bridgehead atoms. The van der Waals surface area contributed by atoms with Crippen molar-refractivity contribution in [2.45, 2.75) is 24.3 Å². The fourth-order valence-electron chi connectivity index (χ4n) is 2.89. The molecular weight excluding hydrogens is 451 g/mol. The van der Waals surface area contributed by atoms with Gasteiger partial charge in [0, 0.05) is 25.0 Å². The van der Waals surface area contributed by atoms with Crippen LogP contribution in [0.15, 0.2) is 41.6 Å². The highest BCUT2D eigenvalue weighted by atomic mass is 35.5. The van der Waals surface area contributed by atoms with Crippen LogP contribution in [0.5, 0.6) is 0 Å². The summed E-state index contributed by atoms with van der Waals surface area (Å²) >= 11 is 12.1. The van der Waals surface area contributed by atoms with Crippen LogP contribution < -0.4 is 10.6 Å². The van der Waals surface area contributed by atoms with Gasteiger partial charge in [-0.3, -0.25) is 9.78 Å². The van der Waals surface area contributed by atoms with Gasteiger partial charge in [0.2, 0.25) is 15.9 Å². The second-order valence-electron chi connectivity index (χ2n) is 7.26. The summed E-state index contributed by atoms with van der Waals surface area (Å²) < 4.78 is 32.5. The summed E-state index contributed by atoms with van der Waals surface area (Å²) in [5.74, 6) is -0.348. The Morgan fingerprint density at radius 1 is 1.13 bits per heavy atom. The number of carbonyl (C=O) groups is 1. The van der Waals surface area contributed by atoms with Crippen LogP contribution in [0.1, 0.15) is 13.8 Å². The normalized spacial score (nSPS) is 15.6. The molecule has 0 unspecified atom stereocenters. The number of halogens is 2. The van der Waals surface area contributed by atoms with Gasteiger partial charge in [0.25, 0.3) is 0 Å². The number of hydrogen-bond donors (Lipinski definition) is 2. The number of carbonyl (C=O) groups excluding carboxylic acids is 1. The van der Waals surface area contributed by atoms with E-state index in [1.54, 1.807) is 26.0 Å². The minimum atomic E-state index is -3.79. The third-order valence-corrected chi connectivity index (χ3v) is 7.09. The van der Waals surface area contributed by atoms with E-state index in [1.165, 1.54) is 28.8 Å². The van der Waals surface area contributed by atoms with Crippen LogP contribution in [0.25, 0.3) is 0 Å². The fourth-order valence-corrected chi connectivity index (χ4v) is 4.97. The van der Waals surface area contributed by atoms with Crippen LogP contribution in [-0.2, 0) is 19.6 Å². The number of rotatable bonds is 6. The van der Waals surface area contributed by atoms with Crippen molar-refractivity contribution in [2.24, 2.45) is 0 Å². The number of ether oxygens (including phenoxy) is 1. The van der Waals surface area contributed by atoms with E-state index >= 15 is 0 Å². The first-order chi connectivity index (χ1) is 14.1. The first-order valence-corrected chi connectivity index (χ1v) is 11.4. The van der Waals surface area contributed by atoms with Gasteiger partial charge in [-0.05, 0) is 38.1 Å². The quantitative estimate of drug-likeness (QED) is 0.668. The van der Waals surface area contributed by atoms with E-state index in [0.29, 0.717) is 29.6 Å². The molecule has 162 valence electrons. The van der Waals surface area contributed by atoms with E-state index in [1.807, 2.05) is 0 Å². The Hall–Kier alpha value is -1.91. The van der Waals surface area contributed by atoms with Crippen LogP contribution in [0.2, 0.25) is 10.0 Å². The molecule has 1 fully saturated rings. The van der Waals surface area contributed by atoms with Crippen LogP contribution in [0, 0.1) is 0 Å². The van der Waals surface area contributed by atoms with E-state index in [-0.39, 0.29) is 28.9 Å². The molecule has 1 aliphatic heterocycles. The molecule has 30 heavy (non-hydrogen) atoms. The van der Waals surface area contributed by atoms with Gasteiger partial charge in [0.05, 0.1) is 35.1 Å². The molecule has 2 heterocycles. The maximum atomic E-state index is 13.0. The Balaban J connectivity index is 1.80. The van der Waals surface area contributed by atoms with E-state index in [4.69, 9.17) is 27.9 Å². The van der Waals surface area contributed by atoms with E-state index in [9.17, 15) is 13.2 Å². The van der Waals surface area contributed by atoms with Crippen molar-refractivity contribution in [3.63, 3.8) is 0 Å². The molecule has 1 aromatic heterocycles. The molecular formula is C19H22Cl2N4O4S. The number of nitrogens with one attached hydrogen (secondary N) is 2. The number of hydrogen-bond acceptors (Lipinski definition) is 6. The predicted octanol–water partition coefficient (Wildman–Crippen LogP) is 3.24. The number of pyridine rings is 1. The van der Waals surface area contributed by atoms with Crippen LogP contribution >= 0.6 is 23.2 Å². The third-order valence-electron chi connectivity index (χ3n) is 4.51. The van der Waals surface area contributed by atoms with Crippen molar-refractivity contribution in [3.05, 3.63) is 46.7 Å². The number of morpholine rings is 1. The largest absolute Gasteiger partial charge is 0.379 e. The summed E-state index contributed by atoms with van der Waals surface area (Å²) in [6, 6.07) is 6.13. The van der Waals surface area contributed by atoms with Crippen LogP contribution in [0.3, 0.4) is 0 Å². The molecule has 1 aromatic carbocycles. The second kappa shape index (κ2) is 9.07. The van der Waals surface area contributed by atoms with Gasteiger partial charge in [0.15, 0.2) is 0 Å². The average Bonchev–Trinajstić information content (AvgIpc) is 2.70. The van der Waals surface area contributed by atoms with Gasteiger partial charge in [0.1, 0.15) is 10.4 Å². The topological polar surface area (TPSA) is 101 Å². The van der Waals surface area contributed by atoms with Crippen molar-refractivity contribution in [1.29, 1.82) is 0 Å². The molecule has 2 aromatic rings. The molecule has 2 N–H and O–H groups in total. The molecule has 11 heteroatoms. The standard InChI is InChI=1S/C19H22Cl2N4O4S/c1-19(2,18(26)23-15-9-13(20)11-22-12-15)24-14-3-4-16(21)17(10-14)30(27,28)25-5-7-29-8-6-25/h3-4,9-12,24H,5-8H2,1-2H3,(H,23,26). The summed E-state index contributed by atoms with van der Waals surface area (Å²) in [5, 5.41) is 6.31. The molecule has 1 saturated heterocycles. The number of anilines is 2. The minimum Gasteiger partial charge on any atom is -0.379 e. The number of amides is 1. The van der Waals surface area contributed by atoms with Gasteiger partial charge >= 0.3 is 0 Å². The summed E-state index contributed by atoms with van der Waals surface area (Å²) in [6.07, 6.45) is 2.94. The highest BCUT2D eigenvalue weighted by molar-refractivity contribution is 7.89. The van der Waals surface area contributed by atoms with Gasteiger partial charge in [-0.15, -0.1) is 0 Å². The van der Waals surface area contributed by atoms with Crippen LogP contribution in [-0.4, -0.2) is 55.5 Å². The van der Waals surface area contributed by atoms with E-state index in [0.717, 1.165) is 0 Å². The zero-order chi connectivity index (χ0) is 21.9. The van der Waals surface area contributed by atoms with Crippen LogP contribution in [0.4, 0.5) is 11.4 Å². The molecule has 0 spiro atoms. The molecule has 0 atom stereocenters. The van der Waals surface area contributed by atoms with Crippen molar-refractivity contribution >= 4 is 50.5 Å². The Morgan fingerprint density at radius 2 is 1.83 bits per heavy atom. The first-order valence-electron chi connectivity index (χ1n) is 9.17. The maximum Gasteiger partial charge on any atom is 0.249 e. The molecule has 0 saturated carbocycles. The van der Waals surface area contributed by atoms with Crippen molar-refractivity contribution in [3.8, 4) is 0 Å². The van der Waals surface area contributed by atoms with Crippen molar-refractivity contribution in [1.82, 2.24) is 9.29 Å². The Morgan fingerprint density at radius 3 is 2.50 bits per heavy atom. The summed E-state index contributed by atoms with van der Waals surface area (Å²) in [5.41, 5.74) is -0.180. The smallest absolute Gasteiger partial charge is 0.249 e. The minimum absolute atomic E-state index is 0.0219. The van der Waals surface area contributed by atoms with Gasteiger partial charge in [-0.2, -0.15) is 4.31 Å². The third kappa shape index (κ3) is 5.22. The lowest BCUT2D eigenvalue weighted by atomic mass is 10.0. The highest BCUT2D eigenvalue weighted by Crippen LogP contribution is 2.29. The molecule has 1 amide bonds. The maximum absolute atomic E-state index is 13.0. The number of sulfonamides is 1. The summed E-state index contributed by atoms with van der Waals surface area (Å²) in [7, 11) is -3.79. The second-order valence-corrected chi connectivity index (χ2v) is 10.0. The average molecular weight is 473 g/mol.